The van der Waals surface area contributed by atoms with Gasteiger partial charge in [0.25, 0.3) is 0 Å². The van der Waals surface area contributed by atoms with Gasteiger partial charge in [0.15, 0.2) is 5.65 Å². The number of anilines is 1. The fourth-order valence-electron chi connectivity index (χ4n) is 2.32. The van der Waals surface area contributed by atoms with Crippen molar-refractivity contribution in [2.45, 2.75) is 19.8 Å². The van der Waals surface area contributed by atoms with Crippen molar-refractivity contribution in [1.29, 1.82) is 0 Å². The third kappa shape index (κ3) is 2.58. The Morgan fingerprint density at radius 3 is 3.26 bits per heavy atom. The van der Waals surface area contributed by atoms with Crippen molar-refractivity contribution in [3.63, 3.8) is 0 Å². The van der Waals surface area contributed by atoms with Crippen molar-refractivity contribution >= 4 is 17.5 Å². The number of carbonyl (C=O) groups is 1. The van der Waals surface area contributed by atoms with E-state index in [2.05, 4.69) is 20.7 Å². The molecule has 1 fully saturated rings. The van der Waals surface area contributed by atoms with Gasteiger partial charge in [0, 0.05) is 12.7 Å². The summed E-state index contributed by atoms with van der Waals surface area (Å²) in [6.07, 6.45) is 3.80. The van der Waals surface area contributed by atoms with Crippen molar-refractivity contribution in [3.05, 3.63) is 23.9 Å². The molecule has 1 aliphatic heterocycles. The predicted octanol–water partition coefficient (Wildman–Crippen LogP) is 0.976. The van der Waals surface area contributed by atoms with E-state index in [1.54, 1.807) is 4.52 Å². The molecule has 1 atom stereocenters. The third-order valence-corrected chi connectivity index (χ3v) is 3.40. The lowest BCUT2D eigenvalue weighted by atomic mass is 9.99. The van der Waals surface area contributed by atoms with Crippen molar-refractivity contribution in [3.8, 4) is 0 Å². The first-order valence-corrected chi connectivity index (χ1v) is 6.57. The van der Waals surface area contributed by atoms with Crippen molar-refractivity contribution in [2.75, 3.05) is 18.4 Å². The Morgan fingerprint density at radius 1 is 1.58 bits per heavy atom. The summed E-state index contributed by atoms with van der Waals surface area (Å²) in [6, 6.07) is 3.89. The fourth-order valence-corrected chi connectivity index (χ4v) is 2.32. The van der Waals surface area contributed by atoms with Gasteiger partial charge in [-0.3, -0.25) is 10.1 Å². The highest BCUT2D eigenvalue weighted by Crippen LogP contribution is 2.13. The first-order chi connectivity index (χ1) is 9.22. The summed E-state index contributed by atoms with van der Waals surface area (Å²) in [5.41, 5.74) is 1.87. The molecule has 100 valence electrons. The van der Waals surface area contributed by atoms with Crippen LogP contribution in [0.25, 0.3) is 5.65 Å². The van der Waals surface area contributed by atoms with Gasteiger partial charge in [0.05, 0.1) is 5.92 Å². The monoisotopic (exact) mass is 259 g/mol. The van der Waals surface area contributed by atoms with Gasteiger partial charge in [-0.05, 0) is 44.0 Å². The summed E-state index contributed by atoms with van der Waals surface area (Å²) in [7, 11) is 0. The quantitative estimate of drug-likeness (QED) is 0.843. The lowest BCUT2D eigenvalue weighted by molar-refractivity contribution is -0.120. The van der Waals surface area contributed by atoms with E-state index in [1.165, 1.54) is 0 Å². The second-order valence-corrected chi connectivity index (χ2v) is 4.97. The zero-order chi connectivity index (χ0) is 13.2. The topological polar surface area (TPSA) is 71.3 Å². The molecule has 3 rings (SSSR count). The summed E-state index contributed by atoms with van der Waals surface area (Å²) < 4.78 is 1.67. The average molecular weight is 259 g/mol. The number of carbonyl (C=O) groups excluding carboxylic acids is 1. The van der Waals surface area contributed by atoms with Gasteiger partial charge in [0.2, 0.25) is 11.9 Å². The number of hydrogen-bond acceptors (Lipinski definition) is 4. The molecule has 0 aliphatic carbocycles. The first kappa shape index (κ1) is 12.1. The standard InChI is InChI=1S/C13H17N5O/c1-9-4-6-18-11(7-9)15-13(17-18)16-12(19)10-3-2-5-14-8-10/h4,6-7,10,14H,2-3,5,8H2,1H3,(H,16,17,19). The van der Waals surface area contributed by atoms with E-state index in [0.717, 1.165) is 37.1 Å². The molecule has 0 saturated carbocycles. The van der Waals surface area contributed by atoms with E-state index in [0.29, 0.717) is 5.95 Å². The van der Waals surface area contributed by atoms with Gasteiger partial charge in [0.1, 0.15) is 0 Å². The molecule has 0 spiro atoms. The molecule has 0 aromatic carbocycles. The number of hydrogen-bond donors (Lipinski definition) is 2. The van der Waals surface area contributed by atoms with Gasteiger partial charge in [-0.2, -0.15) is 4.98 Å². The number of nitrogens with one attached hydrogen (secondary N) is 2. The molecule has 0 bridgehead atoms. The number of nitrogens with zero attached hydrogens (tertiary/aromatic N) is 3. The zero-order valence-corrected chi connectivity index (χ0v) is 10.9. The summed E-state index contributed by atoms with van der Waals surface area (Å²) >= 11 is 0. The van der Waals surface area contributed by atoms with Crippen LogP contribution in [0.4, 0.5) is 5.95 Å². The predicted molar refractivity (Wildman–Crippen MR) is 71.9 cm³/mol. The van der Waals surface area contributed by atoms with Crippen LogP contribution in [-0.2, 0) is 4.79 Å². The highest BCUT2D eigenvalue weighted by Gasteiger charge is 2.21. The molecule has 6 heteroatoms. The lowest BCUT2D eigenvalue weighted by Crippen LogP contribution is -2.37. The minimum Gasteiger partial charge on any atom is -0.316 e. The smallest absolute Gasteiger partial charge is 0.249 e. The van der Waals surface area contributed by atoms with Crippen LogP contribution in [0, 0.1) is 12.8 Å². The Bertz CT molecular complexity index is 600. The van der Waals surface area contributed by atoms with Crippen LogP contribution in [0.1, 0.15) is 18.4 Å². The number of piperidine rings is 1. The number of rotatable bonds is 2. The van der Waals surface area contributed by atoms with E-state index < -0.39 is 0 Å². The van der Waals surface area contributed by atoms with E-state index >= 15 is 0 Å². The molecule has 2 N–H and O–H groups in total. The molecule has 1 saturated heterocycles. The minimum absolute atomic E-state index is 0.000159. The highest BCUT2D eigenvalue weighted by molar-refractivity contribution is 5.91. The second-order valence-electron chi connectivity index (χ2n) is 4.97. The molecule has 6 nitrogen and oxygen atoms in total. The maximum absolute atomic E-state index is 12.1. The van der Waals surface area contributed by atoms with E-state index in [4.69, 9.17) is 0 Å². The Kier molecular flexibility index (Phi) is 3.16. The average Bonchev–Trinajstić information content (AvgIpc) is 2.81. The number of aryl methyl sites for hydroxylation is 1. The van der Waals surface area contributed by atoms with Gasteiger partial charge in [-0.1, -0.05) is 0 Å². The second kappa shape index (κ2) is 4.97. The Hall–Kier alpha value is -1.95. The van der Waals surface area contributed by atoms with Crippen LogP contribution < -0.4 is 10.6 Å². The van der Waals surface area contributed by atoms with Crippen LogP contribution in [0.5, 0.6) is 0 Å². The summed E-state index contributed by atoms with van der Waals surface area (Å²) in [4.78, 5) is 16.4. The number of fused-ring (bicyclic) bond motifs is 1. The number of aromatic nitrogens is 3. The molecule has 2 aromatic heterocycles. The summed E-state index contributed by atoms with van der Waals surface area (Å²) in [5.74, 6) is 0.392. The van der Waals surface area contributed by atoms with Crippen LogP contribution >= 0.6 is 0 Å². The molecule has 1 unspecified atom stereocenters. The Morgan fingerprint density at radius 2 is 2.47 bits per heavy atom. The van der Waals surface area contributed by atoms with E-state index in [-0.39, 0.29) is 11.8 Å². The lowest BCUT2D eigenvalue weighted by Gasteiger charge is -2.20. The molecular formula is C13H17N5O. The SMILES string of the molecule is Cc1ccn2nc(NC(=O)C3CCCNC3)nc2c1. The zero-order valence-electron chi connectivity index (χ0n) is 10.9. The third-order valence-electron chi connectivity index (χ3n) is 3.40. The van der Waals surface area contributed by atoms with Gasteiger partial charge < -0.3 is 5.32 Å². The van der Waals surface area contributed by atoms with Crippen molar-refractivity contribution in [2.24, 2.45) is 5.92 Å². The molecule has 2 aromatic rings. The maximum atomic E-state index is 12.1. The van der Waals surface area contributed by atoms with E-state index in [9.17, 15) is 4.79 Å². The molecular weight excluding hydrogens is 242 g/mol. The fraction of sp³-hybridized carbons (Fsp3) is 0.462. The van der Waals surface area contributed by atoms with Gasteiger partial charge >= 0.3 is 0 Å². The first-order valence-electron chi connectivity index (χ1n) is 6.57. The van der Waals surface area contributed by atoms with Crippen LogP contribution in [-0.4, -0.2) is 33.6 Å². The maximum Gasteiger partial charge on any atom is 0.249 e. The molecule has 1 aliphatic rings. The van der Waals surface area contributed by atoms with Crippen molar-refractivity contribution in [1.82, 2.24) is 19.9 Å². The number of pyridine rings is 1. The van der Waals surface area contributed by atoms with Crippen molar-refractivity contribution < 1.29 is 4.79 Å². The summed E-state index contributed by atoms with van der Waals surface area (Å²) in [6.45, 7) is 3.73. The number of amides is 1. The molecule has 1 amide bonds. The van der Waals surface area contributed by atoms with E-state index in [1.807, 2.05) is 25.3 Å². The summed E-state index contributed by atoms with van der Waals surface area (Å²) in [5, 5.41) is 10.3. The van der Waals surface area contributed by atoms with Gasteiger partial charge in [-0.15, -0.1) is 5.10 Å². The van der Waals surface area contributed by atoms with Gasteiger partial charge in [-0.25, -0.2) is 4.52 Å². The van der Waals surface area contributed by atoms with Crippen LogP contribution in [0.15, 0.2) is 18.3 Å². The Labute approximate surface area is 111 Å². The molecule has 19 heavy (non-hydrogen) atoms. The van der Waals surface area contributed by atoms with Crippen LogP contribution in [0.2, 0.25) is 0 Å². The van der Waals surface area contributed by atoms with Crippen LogP contribution in [0.3, 0.4) is 0 Å². The molecule has 3 heterocycles. The minimum atomic E-state index is -0.000159. The highest BCUT2D eigenvalue weighted by atomic mass is 16.2. The molecule has 0 radical (unpaired) electrons. The largest absolute Gasteiger partial charge is 0.316 e. The Balaban J connectivity index is 1.75. The normalized spacial score (nSPS) is 19.5.